The lowest BCUT2D eigenvalue weighted by Gasteiger charge is -2.41. The van der Waals surface area contributed by atoms with E-state index >= 15 is 0 Å². The van der Waals surface area contributed by atoms with Crippen LogP contribution in [0.5, 0.6) is 0 Å². The summed E-state index contributed by atoms with van der Waals surface area (Å²) in [7, 11) is 0. The average Bonchev–Trinajstić information content (AvgIpc) is 2.31. The summed E-state index contributed by atoms with van der Waals surface area (Å²) >= 11 is 5.76. The molecule has 0 saturated heterocycles. The minimum Gasteiger partial charge on any atom is -0.154 e. The molecular weight excluding hydrogens is 208 g/mol. The van der Waals surface area contributed by atoms with Crippen LogP contribution in [0.25, 0.3) is 0 Å². The van der Waals surface area contributed by atoms with E-state index < -0.39 is 0 Å². The maximum absolute atomic E-state index is 5.76. The number of fused-ring (bicyclic) bond motifs is 3. The minimum absolute atomic E-state index is 0.500. The van der Waals surface area contributed by atoms with E-state index in [2.05, 4.69) is 16.3 Å². The molecule has 1 atom stereocenters. The Morgan fingerprint density at radius 1 is 1.07 bits per heavy atom. The Hall–Kier alpha value is -0.630. The number of hydrogen-bond donors (Lipinski definition) is 0. The first-order valence-electron chi connectivity index (χ1n) is 5.82. The van der Waals surface area contributed by atoms with Crippen LogP contribution in [0.1, 0.15) is 43.7 Å². The van der Waals surface area contributed by atoms with Gasteiger partial charge in [-0.2, -0.15) is 5.10 Å². The summed E-state index contributed by atoms with van der Waals surface area (Å²) in [6.07, 6.45) is 6.96. The molecule has 1 heterocycles. The Kier molecular flexibility index (Phi) is 2.39. The van der Waals surface area contributed by atoms with Gasteiger partial charge in [0.25, 0.3) is 0 Å². The van der Waals surface area contributed by atoms with Gasteiger partial charge in [0.1, 0.15) is 0 Å². The fourth-order valence-corrected chi connectivity index (χ4v) is 3.36. The van der Waals surface area contributed by atoms with E-state index in [1.54, 1.807) is 0 Å². The highest BCUT2D eigenvalue weighted by atomic mass is 35.5. The van der Waals surface area contributed by atoms with Crippen LogP contribution < -0.4 is 0 Å². The van der Waals surface area contributed by atoms with E-state index in [0.717, 1.165) is 17.5 Å². The lowest BCUT2D eigenvalue weighted by atomic mass is 9.64. The number of nitrogens with zero attached hydrogens (tertiary/aromatic N) is 2. The van der Waals surface area contributed by atoms with Gasteiger partial charge in [-0.25, -0.2) is 0 Å². The van der Waals surface area contributed by atoms with Gasteiger partial charge >= 0.3 is 0 Å². The number of halogens is 1. The summed E-state index contributed by atoms with van der Waals surface area (Å²) in [4.78, 5) is 0. The van der Waals surface area contributed by atoms with E-state index in [9.17, 15) is 0 Å². The van der Waals surface area contributed by atoms with E-state index in [0.29, 0.717) is 11.1 Å². The van der Waals surface area contributed by atoms with Crippen molar-refractivity contribution in [3.05, 3.63) is 23.0 Å². The molecule has 15 heavy (non-hydrogen) atoms. The van der Waals surface area contributed by atoms with E-state index in [1.165, 1.54) is 32.1 Å². The fourth-order valence-electron chi connectivity index (χ4n) is 3.26. The van der Waals surface area contributed by atoms with Crippen LogP contribution in [0.4, 0.5) is 0 Å². The molecule has 3 aliphatic rings. The summed E-state index contributed by atoms with van der Waals surface area (Å²) in [6.45, 7) is 0. The third kappa shape index (κ3) is 1.76. The second-order valence-corrected chi connectivity index (χ2v) is 5.29. The van der Waals surface area contributed by atoms with Crippen LogP contribution in [-0.4, -0.2) is 10.2 Å². The van der Waals surface area contributed by atoms with Gasteiger partial charge in [0.2, 0.25) is 0 Å². The SMILES string of the molecule is Clc1ccc(C2CC3CCC2CC3)nn1. The molecule has 0 radical (unpaired) electrons. The van der Waals surface area contributed by atoms with E-state index in [4.69, 9.17) is 11.6 Å². The van der Waals surface area contributed by atoms with E-state index in [1.807, 2.05) is 6.07 Å². The smallest absolute Gasteiger partial charge is 0.151 e. The Bertz CT molecular complexity index is 341. The highest BCUT2D eigenvalue weighted by molar-refractivity contribution is 6.29. The van der Waals surface area contributed by atoms with Crippen molar-refractivity contribution in [1.82, 2.24) is 10.2 Å². The van der Waals surface area contributed by atoms with E-state index in [-0.39, 0.29) is 0 Å². The standard InChI is InChI=1S/C12H15ClN2/c13-12-6-5-11(14-15-12)10-7-8-1-3-9(10)4-2-8/h5-6,8-10H,1-4,7H2. The second-order valence-electron chi connectivity index (χ2n) is 4.90. The highest BCUT2D eigenvalue weighted by Gasteiger charge is 2.36. The minimum atomic E-state index is 0.500. The Labute approximate surface area is 95.1 Å². The van der Waals surface area contributed by atoms with Crippen LogP contribution >= 0.6 is 11.6 Å². The molecule has 3 heteroatoms. The van der Waals surface area contributed by atoms with Crippen molar-refractivity contribution in [3.63, 3.8) is 0 Å². The third-order valence-corrected chi connectivity index (χ3v) is 4.28. The van der Waals surface area contributed by atoms with Crippen LogP contribution in [0, 0.1) is 11.8 Å². The summed E-state index contributed by atoms with van der Waals surface area (Å²) in [5.74, 6) is 2.45. The Morgan fingerprint density at radius 2 is 1.87 bits per heavy atom. The first-order chi connectivity index (χ1) is 7.33. The molecule has 1 aromatic heterocycles. The Morgan fingerprint density at radius 3 is 2.40 bits per heavy atom. The molecule has 0 aliphatic heterocycles. The number of aromatic nitrogens is 2. The largest absolute Gasteiger partial charge is 0.154 e. The average molecular weight is 223 g/mol. The normalized spacial score (nSPS) is 34.3. The maximum Gasteiger partial charge on any atom is 0.151 e. The second kappa shape index (κ2) is 3.75. The molecule has 0 N–H and O–H groups in total. The number of rotatable bonds is 1. The van der Waals surface area contributed by atoms with Gasteiger partial charge in [0.15, 0.2) is 5.15 Å². The third-order valence-electron chi connectivity index (χ3n) is 4.08. The van der Waals surface area contributed by atoms with Crippen molar-refractivity contribution < 1.29 is 0 Å². The summed E-state index contributed by atoms with van der Waals surface area (Å²) < 4.78 is 0. The van der Waals surface area contributed by atoms with Crippen LogP contribution in [0.2, 0.25) is 5.15 Å². The van der Waals surface area contributed by atoms with Gasteiger partial charge < -0.3 is 0 Å². The fraction of sp³-hybridized carbons (Fsp3) is 0.667. The zero-order valence-corrected chi connectivity index (χ0v) is 9.45. The van der Waals surface area contributed by atoms with Gasteiger partial charge in [-0.3, -0.25) is 0 Å². The molecular formula is C12H15ClN2. The number of hydrogen-bond acceptors (Lipinski definition) is 2. The highest BCUT2D eigenvalue weighted by Crippen LogP contribution is 2.48. The predicted molar refractivity (Wildman–Crippen MR) is 59.8 cm³/mol. The molecule has 2 nitrogen and oxygen atoms in total. The predicted octanol–water partition coefficient (Wildman–Crippen LogP) is 3.42. The quantitative estimate of drug-likeness (QED) is 0.728. The molecule has 3 saturated carbocycles. The van der Waals surface area contributed by atoms with Crippen molar-refractivity contribution in [2.45, 2.75) is 38.0 Å². The zero-order valence-electron chi connectivity index (χ0n) is 8.69. The molecule has 0 amide bonds. The van der Waals surface area contributed by atoms with Crippen molar-refractivity contribution in [1.29, 1.82) is 0 Å². The molecule has 0 aromatic carbocycles. The van der Waals surface area contributed by atoms with Gasteiger partial charge in [0, 0.05) is 5.92 Å². The maximum atomic E-state index is 5.76. The van der Waals surface area contributed by atoms with Crippen LogP contribution in [0.15, 0.2) is 12.1 Å². The van der Waals surface area contributed by atoms with Gasteiger partial charge in [0.05, 0.1) is 5.69 Å². The molecule has 2 bridgehead atoms. The Balaban J connectivity index is 1.85. The summed E-state index contributed by atoms with van der Waals surface area (Å²) in [6, 6.07) is 3.92. The zero-order chi connectivity index (χ0) is 10.3. The first kappa shape index (κ1) is 9.59. The van der Waals surface area contributed by atoms with Crippen LogP contribution in [0.3, 0.4) is 0 Å². The molecule has 1 unspecified atom stereocenters. The van der Waals surface area contributed by atoms with Crippen molar-refractivity contribution in [2.75, 3.05) is 0 Å². The topological polar surface area (TPSA) is 25.8 Å². The lowest BCUT2D eigenvalue weighted by molar-refractivity contribution is 0.142. The van der Waals surface area contributed by atoms with Crippen LogP contribution in [-0.2, 0) is 0 Å². The molecule has 3 fully saturated rings. The molecule has 1 aromatic rings. The summed E-state index contributed by atoms with van der Waals surface area (Å²) in [5, 5.41) is 8.69. The van der Waals surface area contributed by atoms with Crippen molar-refractivity contribution >= 4 is 11.6 Å². The van der Waals surface area contributed by atoms with Gasteiger partial charge in [-0.05, 0) is 43.2 Å². The molecule has 0 spiro atoms. The van der Waals surface area contributed by atoms with Crippen molar-refractivity contribution in [3.8, 4) is 0 Å². The monoisotopic (exact) mass is 222 g/mol. The molecule has 4 rings (SSSR count). The van der Waals surface area contributed by atoms with Gasteiger partial charge in [-0.1, -0.05) is 24.4 Å². The molecule has 3 aliphatic carbocycles. The van der Waals surface area contributed by atoms with Gasteiger partial charge in [-0.15, -0.1) is 5.10 Å². The van der Waals surface area contributed by atoms with Crippen molar-refractivity contribution in [2.24, 2.45) is 11.8 Å². The summed E-state index contributed by atoms with van der Waals surface area (Å²) in [5.41, 5.74) is 1.16. The lowest BCUT2D eigenvalue weighted by Crippen LogP contribution is -2.30. The first-order valence-corrected chi connectivity index (χ1v) is 6.20. The molecule has 80 valence electrons.